The van der Waals surface area contributed by atoms with E-state index in [2.05, 4.69) is 51.8 Å². The molecule has 0 aromatic carbocycles. The van der Waals surface area contributed by atoms with Crippen LogP contribution in [0.3, 0.4) is 0 Å². The van der Waals surface area contributed by atoms with Gasteiger partial charge in [0.25, 0.3) is 0 Å². The topological polar surface area (TPSA) is 15.3 Å². The zero-order valence-corrected chi connectivity index (χ0v) is 12.0. The van der Waals surface area contributed by atoms with E-state index in [1.54, 1.807) is 0 Å². The van der Waals surface area contributed by atoms with Crippen molar-refractivity contribution in [1.82, 2.24) is 10.2 Å². The van der Waals surface area contributed by atoms with Crippen LogP contribution in [0, 0.1) is 5.92 Å². The van der Waals surface area contributed by atoms with E-state index in [0.717, 1.165) is 12.5 Å². The smallest absolute Gasteiger partial charge is 0.0304 e. The summed E-state index contributed by atoms with van der Waals surface area (Å²) >= 11 is 0. The maximum absolute atomic E-state index is 3.76. The third-order valence-electron chi connectivity index (χ3n) is 4.67. The van der Waals surface area contributed by atoms with Crippen molar-refractivity contribution in [3.05, 3.63) is 0 Å². The minimum absolute atomic E-state index is 0.357. The highest BCUT2D eigenvalue weighted by Gasteiger charge is 2.37. The summed E-state index contributed by atoms with van der Waals surface area (Å²) in [5.41, 5.74) is 0.357. The van der Waals surface area contributed by atoms with Crippen molar-refractivity contribution in [3.63, 3.8) is 0 Å². The summed E-state index contributed by atoms with van der Waals surface area (Å²) in [6.07, 6.45) is 2.47. The van der Waals surface area contributed by atoms with Gasteiger partial charge >= 0.3 is 0 Å². The molecule has 1 aliphatic heterocycles. The Balaban J connectivity index is 2.75. The van der Waals surface area contributed by atoms with E-state index in [9.17, 15) is 0 Å². The van der Waals surface area contributed by atoms with Crippen LogP contribution in [0.5, 0.6) is 0 Å². The first-order valence-corrected chi connectivity index (χ1v) is 6.96. The third-order valence-corrected chi connectivity index (χ3v) is 4.67. The van der Waals surface area contributed by atoms with Gasteiger partial charge < -0.3 is 5.32 Å². The molecule has 1 aliphatic rings. The lowest BCUT2D eigenvalue weighted by atomic mass is 9.87. The Bertz CT molecular complexity index is 209. The van der Waals surface area contributed by atoms with E-state index in [0.29, 0.717) is 17.6 Å². The molecule has 2 unspecified atom stereocenters. The molecule has 1 N–H and O–H groups in total. The first-order valence-electron chi connectivity index (χ1n) is 6.96. The van der Waals surface area contributed by atoms with Gasteiger partial charge in [0, 0.05) is 30.7 Å². The molecule has 2 nitrogen and oxygen atoms in total. The summed E-state index contributed by atoms with van der Waals surface area (Å²) in [6, 6.07) is 1.36. The van der Waals surface area contributed by atoms with Crippen LogP contribution in [0.1, 0.15) is 54.4 Å². The number of piperazine rings is 1. The molecule has 0 amide bonds. The molecule has 1 rings (SSSR count). The molecule has 0 saturated carbocycles. The summed E-state index contributed by atoms with van der Waals surface area (Å²) < 4.78 is 0. The monoisotopic (exact) mass is 226 g/mol. The van der Waals surface area contributed by atoms with Crippen molar-refractivity contribution in [1.29, 1.82) is 0 Å². The molecule has 0 bridgehead atoms. The molecular formula is C14H30N2. The highest BCUT2D eigenvalue weighted by Crippen LogP contribution is 2.26. The highest BCUT2D eigenvalue weighted by molar-refractivity contribution is 4.97. The fourth-order valence-corrected chi connectivity index (χ4v) is 2.69. The van der Waals surface area contributed by atoms with Gasteiger partial charge in [0.2, 0.25) is 0 Å². The number of nitrogens with zero attached hydrogens (tertiary/aromatic N) is 1. The van der Waals surface area contributed by atoms with Crippen molar-refractivity contribution in [2.24, 2.45) is 5.92 Å². The van der Waals surface area contributed by atoms with E-state index >= 15 is 0 Å². The Hall–Kier alpha value is -0.0800. The van der Waals surface area contributed by atoms with Crippen molar-refractivity contribution >= 4 is 0 Å². The van der Waals surface area contributed by atoms with E-state index in [1.165, 1.54) is 19.4 Å². The molecule has 0 radical (unpaired) electrons. The van der Waals surface area contributed by atoms with Gasteiger partial charge in [-0.2, -0.15) is 0 Å². The molecule has 0 spiro atoms. The van der Waals surface area contributed by atoms with Crippen LogP contribution in [-0.4, -0.2) is 35.6 Å². The average molecular weight is 226 g/mol. The third kappa shape index (κ3) is 2.78. The Morgan fingerprint density at radius 3 is 2.25 bits per heavy atom. The van der Waals surface area contributed by atoms with Gasteiger partial charge in [0.05, 0.1) is 0 Å². The summed E-state index contributed by atoms with van der Waals surface area (Å²) in [6.45, 7) is 16.4. The molecule has 96 valence electrons. The lowest BCUT2D eigenvalue weighted by molar-refractivity contribution is 0.0342. The van der Waals surface area contributed by atoms with Crippen LogP contribution >= 0.6 is 0 Å². The van der Waals surface area contributed by atoms with Gasteiger partial charge in [-0.25, -0.2) is 0 Å². The van der Waals surface area contributed by atoms with Crippen LogP contribution < -0.4 is 5.32 Å². The van der Waals surface area contributed by atoms with E-state index in [4.69, 9.17) is 0 Å². The van der Waals surface area contributed by atoms with Crippen LogP contribution in [-0.2, 0) is 0 Å². The quantitative estimate of drug-likeness (QED) is 0.793. The second-order valence-electron chi connectivity index (χ2n) is 5.87. The predicted octanol–water partition coefficient (Wildman–Crippen LogP) is 2.88. The molecule has 2 atom stereocenters. The number of rotatable bonds is 4. The summed E-state index contributed by atoms with van der Waals surface area (Å²) in [7, 11) is 0. The van der Waals surface area contributed by atoms with Gasteiger partial charge in [-0.05, 0) is 32.6 Å². The van der Waals surface area contributed by atoms with Crippen LogP contribution in [0.4, 0.5) is 0 Å². The Labute approximate surface area is 102 Å². The molecule has 1 fully saturated rings. The van der Waals surface area contributed by atoms with Crippen molar-refractivity contribution < 1.29 is 0 Å². The van der Waals surface area contributed by atoms with Crippen molar-refractivity contribution in [3.8, 4) is 0 Å². The Kier molecular flexibility index (Phi) is 4.81. The molecule has 0 aliphatic carbocycles. The maximum Gasteiger partial charge on any atom is 0.0304 e. The van der Waals surface area contributed by atoms with Crippen LogP contribution in [0.25, 0.3) is 0 Å². The first-order chi connectivity index (χ1) is 7.45. The molecule has 1 heterocycles. The van der Waals surface area contributed by atoms with Crippen molar-refractivity contribution in [2.75, 3.05) is 13.1 Å². The zero-order valence-electron chi connectivity index (χ0n) is 12.0. The largest absolute Gasteiger partial charge is 0.308 e. The van der Waals surface area contributed by atoms with Crippen molar-refractivity contribution in [2.45, 2.75) is 72.0 Å². The lowest BCUT2D eigenvalue weighted by Crippen LogP contribution is -2.65. The van der Waals surface area contributed by atoms with Gasteiger partial charge in [-0.1, -0.05) is 27.7 Å². The summed E-state index contributed by atoms with van der Waals surface area (Å²) in [5.74, 6) is 0.743. The number of hydrogen-bond acceptors (Lipinski definition) is 2. The van der Waals surface area contributed by atoms with Crippen LogP contribution in [0.2, 0.25) is 0 Å². The summed E-state index contributed by atoms with van der Waals surface area (Å²) in [4.78, 5) is 2.70. The second kappa shape index (κ2) is 5.50. The molecular weight excluding hydrogens is 196 g/mol. The minimum Gasteiger partial charge on any atom is -0.308 e. The van der Waals surface area contributed by atoms with E-state index in [-0.39, 0.29) is 0 Å². The molecule has 0 aromatic heterocycles. The Morgan fingerprint density at radius 2 is 1.81 bits per heavy atom. The fraction of sp³-hybridized carbons (Fsp3) is 1.00. The highest BCUT2D eigenvalue weighted by atomic mass is 15.3. The Morgan fingerprint density at radius 1 is 1.25 bits per heavy atom. The van der Waals surface area contributed by atoms with Gasteiger partial charge in [-0.15, -0.1) is 0 Å². The summed E-state index contributed by atoms with van der Waals surface area (Å²) in [5, 5.41) is 3.76. The zero-order chi connectivity index (χ0) is 12.3. The standard InChI is InChI=1S/C14H30N2/c1-7-14(8-2)10-16(12(5)9-15-14)13(6)11(3)4/h11-13,15H,7-10H2,1-6H3. The van der Waals surface area contributed by atoms with E-state index < -0.39 is 0 Å². The minimum atomic E-state index is 0.357. The number of nitrogens with one attached hydrogen (secondary N) is 1. The molecule has 2 heteroatoms. The van der Waals surface area contributed by atoms with Gasteiger partial charge in [0.1, 0.15) is 0 Å². The van der Waals surface area contributed by atoms with E-state index in [1.807, 2.05) is 0 Å². The molecule has 16 heavy (non-hydrogen) atoms. The fourth-order valence-electron chi connectivity index (χ4n) is 2.69. The first kappa shape index (κ1) is 14.0. The predicted molar refractivity (Wildman–Crippen MR) is 71.8 cm³/mol. The molecule has 0 aromatic rings. The van der Waals surface area contributed by atoms with Crippen LogP contribution in [0.15, 0.2) is 0 Å². The average Bonchev–Trinajstić information content (AvgIpc) is 2.29. The molecule has 1 saturated heterocycles. The van der Waals surface area contributed by atoms with Gasteiger partial charge in [0.15, 0.2) is 0 Å². The maximum atomic E-state index is 3.76. The lowest BCUT2D eigenvalue weighted by Gasteiger charge is -2.49. The second-order valence-corrected chi connectivity index (χ2v) is 5.87. The normalized spacial score (nSPS) is 28.3. The number of hydrogen-bond donors (Lipinski definition) is 1. The SMILES string of the molecule is CCC1(CC)CN(C(C)C(C)C)C(C)CN1. The van der Waals surface area contributed by atoms with Gasteiger partial charge in [-0.3, -0.25) is 4.90 Å².